The van der Waals surface area contributed by atoms with Gasteiger partial charge in [0.05, 0.1) is 9.92 Å². The first-order chi connectivity index (χ1) is 9.19. The highest BCUT2D eigenvalue weighted by Crippen LogP contribution is 2.21. The fraction of sp³-hybridized carbons (Fsp3) is 0.462. The Morgan fingerprint density at radius 3 is 2.50 bits per heavy atom. The van der Waals surface area contributed by atoms with E-state index < -0.39 is 10.0 Å². The van der Waals surface area contributed by atoms with Crippen molar-refractivity contribution >= 4 is 38.8 Å². The minimum absolute atomic E-state index is 0.109. The van der Waals surface area contributed by atoms with Gasteiger partial charge in [-0.15, -0.1) is 0 Å². The van der Waals surface area contributed by atoms with Gasteiger partial charge in [0.1, 0.15) is 4.99 Å². The second-order valence-electron chi connectivity index (χ2n) is 4.80. The Balaban J connectivity index is 3.05. The molecule has 3 N–H and O–H groups in total. The molecule has 0 amide bonds. The van der Waals surface area contributed by atoms with Crippen LogP contribution in [0.4, 0.5) is 0 Å². The van der Waals surface area contributed by atoms with Crippen LogP contribution in [0, 0.1) is 5.92 Å². The Hall–Kier alpha value is -0.690. The van der Waals surface area contributed by atoms with Crippen LogP contribution in [0.15, 0.2) is 23.1 Å². The maximum absolute atomic E-state index is 12.3. The fourth-order valence-corrected chi connectivity index (χ4v) is 3.60. The molecule has 0 bridgehead atoms. The second-order valence-corrected chi connectivity index (χ2v) is 7.36. The number of halogens is 1. The summed E-state index contributed by atoms with van der Waals surface area (Å²) < 4.78 is 27.2. The van der Waals surface area contributed by atoms with Gasteiger partial charge in [0.2, 0.25) is 10.0 Å². The van der Waals surface area contributed by atoms with Crippen molar-refractivity contribution in [2.24, 2.45) is 11.7 Å². The molecule has 0 spiro atoms. The van der Waals surface area contributed by atoms with Crippen molar-refractivity contribution in [3.05, 3.63) is 28.8 Å². The van der Waals surface area contributed by atoms with E-state index in [-0.39, 0.29) is 26.9 Å². The van der Waals surface area contributed by atoms with Crippen LogP contribution in [0.5, 0.6) is 0 Å². The van der Waals surface area contributed by atoms with Crippen LogP contribution in [0.25, 0.3) is 0 Å². The van der Waals surface area contributed by atoms with Crippen LogP contribution < -0.4 is 10.5 Å². The molecule has 2 atom stereocenters. The third kappa shape index (κ3) is 4.15. The van der Waals surface area contributed by atoms with E-state index in [9.17, 15) is 8.42 Å². The molecule has 4 nitrogen and oxygen atoms in total. The van der Waals surface area contributed by atoms with Crippen LogP contribution in [-0.4, -0.2) is 19.4 Å². The van der Waals surface area contributed by atoms with Gasteiger partial charge in [-0.2, -0.15) is 0 Å². The van der Waals surface area contributed by atoms with Gasteiger partial charge >= 0.3 is 0 Å². The molecule has 0 aromatic heterocycles. The Morgan fingerprint density at radius 2 is 2.05 bits per heavy atom. The average molecular weight is 335 g/mol. The number of hydrogen-bond acceptors (Lipinski definition) is 3. The molecule has 0 heterocycles. The first-order valence-electron chi connectivity index (χ1n) is 6.30. The van der Waals surface area contributed by atoms with E-state index in [1.54, 1.807) is 0 Å². The predicted molar refractivity (Wildman–Crippen MR) is 86.6 cm³/mol. The number of sulfonamides is 1. The molecule has 0 aliphatic heterocycles. The van der Waals surface area contributed by atoms with E-state index >= 15 is 0 Å². The van der Waals surface area contributed by atoms with Crippen molar-refractivity contribution in [3.63, 3.8) is 0 Å². The number of thiocarbonyl (C=S) groups is 1. The van der Waals surface area contributed by atoms with Crippen LogP contribution >= 0.6 is 23.8 Å². The molecule has 7 heteroatoms. The van der Waals surface area contributed by atoms with Crippen molar-refractivity contribution in [1.29, 1.82) is 0 Å². The van der Waals surface area contributed by atoms with E-state index in [1.807, 2.05) is 20.8 Å². The normalized spacial score (nSPS) is 14.8. The quantitative estimate of drug-likeness (QED) is 0.784. The van der Waals surface area contributed by atoms with Gasteiger partial charge in [0, 0.05) is 11.6 Å². The lowest BCUT2D eigenvalue weighted by Gasteiger charge is -2.20. The van der Waals surface area contributed by atoms with Gasteiger partial charge in [-0.05, 0) is 31.0 Å². The number of rotatable bonds is 6. The third-order valence-corrected chi connectivity index (χ3v) is 5.44. The van der Waals surface area contributed by atoms with Crippen LogP contribution in [0.2, 0.25) is 5.02 Å². The van der Waals surface area contributed by atoms with Gasteiger partial charge in [-0.25, -0.2) is 13.1 Å². The summed E-state index contributed by atoms with van der Waals surface area (Å²) in [7, 11) is -3.60. The summed E-state index contributed by atoms with van der Waals surface area (Å²) in [4.78, 5) is 0.248. The molecule has 1 rings (SSSR count). The van der Waals surface area contributed by atoms with E-state index in [0.29, 0.717) is 5.56 Å². The topological polar surface area (TPSA) is 72.2 Å². The smallest absolute Gasteiger partial charge is 0.240 e. The van der Waals surface area contributed by atoms with Crippen molar-refractivity contribution in [1.82, 2.24) is 4.72 Å². The summed E-state index contributed by atoms with van der Waals surface area (Å²) in [6, 6.07) is 4.18. The largest absolute Gasteiger partial charge is 0.389 e. The van der Waals surface area contributed by atoms with Gasteiger partial charge in [0.15, 0.2) is 0 Å². The third-order valence-electron chi connectivity index (χ3n) is 3.35. The molecule has 0 aliphatic rings. The first kappa shape index (κ1) is 17.4. The highest BCUT2D eigenvalue weighted by molar-refractivity contribution is 7.89. The van der Waals surface area contributed by atoms with Crippen molar-refractivity contribution in [3.8, 4) is 0 Å². The minimum atomic E-state index is -3.60. The summed E-state index contributed by atoms with van der Waals surface area (Å²) in [5, 5.41) is 0.233. The molecule has 2 unspecified atom stereocenters. The van der Waals surface area contributed by atoms with Gasteiger partial charge < -0.3 is 5.73 Å². The van der Waals surface area contributed by atoms with E-state index in [2.05, 4.69) is 4.72 Å². The maximum Gasteiger partial charge on any atom is 0.240 e. The Labute approximate surface area is 130 Å². The monoisotopic (exact) mass is 334 g/mol. The summed E-state index contributed by atoms with van der Waals surface area (Å²) in [5.41, 5.74) is 5.96. The zero-order valence-corrected chi connectivity index (χ0v) is 14.1. The average Bonchev–Trinajstić information content (AvgIpc) is 2.36. The standard InChI is InChI=1S/C13H19ClN2O2S2/c1-4-8(2)9(3)16-20(17,18)10-5-6-11(13(15)19)12(14)7-10/h5-9,16H,4H2,1-3H3,(H2,15,19). The summed E-state index contributed by atoms with van der Waals surface area (Å²) >= 11 is 10.8. The SMILES string of the molecule is CCC(C)C(C)NS(=O)(=O)c1ccc(C(N)=S)c(Cl)c1. The molecule has 0 saturated heterocycles. The zero-order chi connectivity index (χ0) is 15.5. The molecule has 0 saturated carbocycles. The molecular weight excluding hydrogens is 316 g/mol. The van der Waals surface area contributed by atoms with Gasteiger partial charge in [-0.1, -0.05) is 44.1 Å². The maximum atomic E-state index is 12.3. The zero-order valence-electron chi connectivity index (χ0n) is 11.7. The number of nitrogens with one attached hydrogen (secondary N) is 1. The molecule has 0 aliphatic carbocycles. The Kier molecular flexibility index (Phi) is 5.94. The Bertz CT molecular complexity index is 602. The highest BCUT2D eigenvalue weighted by atomic mass is 35.5. The number of nitrogens with two attached hydrogens (primary N) is 1. The Morgan fingerprint density at radius 1 is 1.45 bits per heavy atom. The van der Waals surface area contributed by atoms with Crippen LogP contribution in [0.3, 0.4) is 0 Å². The van der Waals surface area contributed by atoms with Crippen LogP contribution in [-0.2, 0) is 10.0 Å². The highest BCUT2D eigenvalue weighted by Gasteiger charge is 2.21. The van der Waals surface area contributed by atoms with Crippen molar-refractivity contribution in [2.75, 3.05) is 0 Å². The summed E-state index contributed by atoms with van der Waals surface area (Å²) in [6.07, 6.45) is 0.894. The number of benzene rings is 1. The summed E-state index contributed by atoms with van der Waals surface area (Å²) in [5.74, 6) is 0.246. The van der Waals surface area contributed by atoms with Gasteiger partial charge in [0.25, 0.3) is 0 Å². The van der Waals surface area contributed by atoms with E-state index in [1.165, 1.54) is 18.2 Å². The summed E-state index contributed by atoms with van der Waals surface area (Å²) in [6.45, 7) is 5.86. The molecule has 0 radical (unpaired) electrons. The molecule has 0 fully saturated rings. The second kappa shape index (κ2) is 6.85. The fourth-order valence-electron chi connectivity index (χ4n) is 1.65. The first-order valence-corrected chi connectivity index (χ1v) is 8.57. The lowest BCUT2D eigenvalue weighted by molar-refractivity contribution is 0.434. The molecule has 20 heavy (non-hydrogen) atoms. The van der Waals surface area contributed by atoms with Crippen molar-refractivity contribution in [2.45, 2.75) is 38.1 Å². The van der Waals surface area contributed by atoms with E-state index in [0.717, 1.165) is 6.42 Å². The number of hydrogen-bond donors (Lipinski definition) is 2. The van der Waals surface area contributed by atoms with E-state index in [4.69, 9.17) is 29.6 Å². The molecule has 112 valence electrons. The van der Waals surface area contributed by atoms with Crippen molar-refractivity contribution < 1.29 is 8.42 Å². The lowest BCUT2D eigenvalue weighted by Crippen LogP contribution is -2.36. The molecular formula is C13H19ClN2O2S2. The van der Waals surface area contributed by atoms with Crippen LogP contribution in [0.1, 0.15) is 32.8 Å². The minimum Gasteiger partial charge on any atom is -0.389 e. The van der Waals surface area contributed by atoms with Gasteiger partial charge in [-0.3, -0.25) is 0 Å². The molecule has 1 aromatic carbocycles. The lowest BCUT2D eigenvalue weighted by atomic mass is 10.0. The molecule has 1 aromatic rings. The predicted octanol–water partition coefficient (Wildman–Crippen LogP) is 2.69.